The van der Waals surface area contributed by atoms with Crippen LogP contribution >= 0.6 is 27.5 Å². The second kappa shape index (κ2) is 4.40. The van der Waals surface area contributed by atoms with E-state index in [4.69, 9.17) is 16.3 Å². The Morgan fingerprint density at radius 2 is 2.28 bits per heavy atom. The molecule has 0 saturated carbocycles. The minimum atomic E-state index is -0.460. The van der Waals surface area contributed by atoms with Crippen molar-refractivity contribution in [3.05, 3.63) is 47.5 Å². The maximum atomic E-state index is 12.3. The number of hydrogen-bond acceptors (Lipinski definition) is 3. The third-order valence-electron chi connectivity index (χ3n) is 2.77. The van der Waals surface area contributed by atoms with E-state index in [0.29, 0.717) is 16.3 Å². The Morgan fingerprint density at radius 1 is 1.44 bits per heavy atom. The molecule has 1 aliphatic rings. The number of aromatic nitrogens is 2. The number of ether oxygens (including phenoxy) is 1. The van der Waals surface area contributed by atoms with Crippen LogP contribution in [0.1, 0.15) is 16.6 Å². The fourth-order valence-electron chi connectivity index (χ4n) is 1.90. The summed E-state index contributed by atoms with van der Waals surface area (Å²) in [6, 6.07) is 5.03. The van der Waals surface area contributed by atoms with Crippen LogP contribution in [0.3, 0.4) is 0 Å². The van der Waals surface area contributed by atoms with Gasteiger partial charge in [-0.05, 0) is 18.2 Å². The molecule has 0 saturated heterocycles. The van der Waals surface area contributed by atoms with E-state index in [1.165, 1.54) is 0 Å². The maximum Gasteiger partial charge on any atom is 0.196 e. The number of benzene rings is 1. The normalized spacial score (nSPS) is 22.4. The summed E-state index contributed by atoms with van der Waals surface area (Å²) < 4.78 is 7.56. The van der Waals surface area contributed by atoms with E-state index in [1.54, 1.807) is 41.5 Å². The number of ketones is 1. The number of nitrogens with zero attached hydrogens (tertiary/aromatic N) is 2. The van der Waals surface area contributed by atoms with E-state index in [9.17, 15) is 4.79 Å². The lowest BCUT2D eigenvalue weighted by atomic mass is 10.0. The third-order valence-corrected chi connectivity index (χ3v) is 3.88. The minimum absolute atomic E-state index is 0.0440. The van der Waals surface area contributed by atoms with Crippen molar-refractivity contribution in [3.8, 4) is 5.75 Å². The summed E-state index contributed by atoms with van der Waals surface area (Å²) in [5, 5.41) is 0.520. The van der Waals surface area contributed by atoms with Crippen molar-refractivity contribution in [1.29, 1.82) is 0 Å². The number of Topliss-reactive ketones (excluding diaryl/α,β-unsaturated/α-hetero) is 1. The highest BCUT2D eigenvalue weighted by molar-refractivity contribution is 9.10. The van der Waals surface area contributed by atoms with Gasteiger partial charge in [0.15, 0.2) is 12.0 Å². The van der Waals surface area contributed by atoms with Crippen molar-refractivity contribution in [2.75, 3.05) is 0 Å². The second-order valence-corrected chi connectivity index (χ2v) is 5.35. The molecule has 1 aromatic heterocycles. The van der Waals surface area contributed by atoms with Crippen LogP contribution in [0.5, 0.6) is 5.75 Å². The van der Waals surface area contributed by atoms with Crippen molar-refractivity contribution < 1.29 is 9.53 Å². The largest absolute Gasteiger partial charge is 0.468 e. The van der Waals surface area contributed by atoms with Crippen LogP contribution in [0.2, 0.25) is 5.02 Å². The zero-order chi connectivity index (χ0) is 12.7. The van der Waals surface area contributed by atoms with E-state index in [-0.39, 0.29) is 5.78 Å². The average Bonchev–Trinajstić information content (AvgIpc) is 2.88. The van der Waals surface area contributed by atoms with Gasteiger partial charge >= 0.3 is 0 Å². The average molecular weight is 328 g/mol. The summed E-state index contributed by atoms with van der Waals surface area (Å²) in [7, 11) is 0. The standard InChI is InChI=1S/C12H8BrClN2O2/c13-10-11(17)8-5-7(14)1-2-9(8)18-12(10)16-4-3-15-6-16/h1-6,10,12H. The highest BCUT2D eigenvalue weighted by Gasteiger charge is 2.36. The van der Waals surface area contributed by atoms with Gasteiger partial charge in [-0.25, -0.2) is 4.98 Å². The lowest BCUT2D eigenvalue weighted by Crippen LogP contribution is -2.35. The van der Waals surface area contributed by atoms with Gasteiger partial charge in [0.2, 0.25) is 0 Å². The predicted octanol–water partition coefficient (Wildman–Crippen LogP) is 3.07. The van der Waals surface area contributed by atoms with Crippen LogP contribution in [-0.4, -0.2) is 20.2 Å². The van der Waals surface area contributed by atoms with Crippen molar-refractivity contribution in [2.45, 2.75) is 11.1 Å². The molecule has 2 atom stereocenters. The van der Waals surface area contributed by atoms with Gasteiger partial charge in [-0.15, -0.1) is 0 Å². The molecule has 2 unspecified atom stereocenters. The van der Waals surface area contributed by atoms with E-state index >= 15 is 0 Å². The highest BCUT2D eigenvalue weighted by atomic mass is 79.9. The van der Waals surface area contributed by atoms with Gasteiger partial charge in [-0.1, -0.05) is 27.5 Å². The van der Waals surface area contributed by atoms with Gasteiger partial charge in [0.1, 0.15) is 10.6 Å². The minimum Gasteiger partial charge on any atom is -0.468 e. The Balaban J connectivity index is 2.05. The number of fused-ring (bicyclic) bond motifs is 1. The molecular weight excluding hydrogens is 320 g/mol. The fraction of sp³-hybridized carbons (Fsp3) is 0.167. The van der Waals surface area contributed by atoms with E-state index < -0.39 is 11.1 Å². The number of rotatable bonds is 1. The molecule has 0 bridgehead atoms. The molecule has 2 aromatic rings. The highest BCUT2D eigenvalue weighted by Crippen LogP contribution is 2.36. The molecular formula is C12H8BrClN2O2. The zero-order valence-corrected chi connectivity index (χ0v) is 11.4. The lowest BCUT2D eigenvalue weighted by molar-refractivity contribution is 0.0747. The molecule has 0 spiro atoms. The maximum absolute atomic E-state index is 12.3. The van der Waals surface area contributed by atoms with Crippen LogP contribution in [0.15, 0.2) is 36.9 Å². The molecule has 2 heterocycles. The number of carbonyl (C=O) groups is 1. The predicted molar refractivity (Wildman–Crippen MR) is 70.4 cm³/mol. The Morgan fingerprint density at radius 3 is 3.00 bits per heavy atom. The zero-order valence-electron chi connectivity index (χ0n) is 9.09. The molecule has 1 aliphatic heterocycles. The third kappa shape index (κ3) is 1.83. The van der Waals surface area contributed by atoms with Gasteiger partial charge in [-0.2, -0.15) is 0 Å². The molecule has 0 aliphatic carbocycles. The Hall–Kier alpha value is -1.33. The molecule has 18 heavy (non-hydrogen) atoms. The number of halogens is 2. The van der Waals surface area contributed by atoms with Crippen molar-refractivity contribution in [1.82, 2.24) is 9.55 Å². The summed E-state index contributed by atoms with van der Waals surface area (Å²) in [6.45, 7) is 0. The molecule has 3 rings (SSSR count). The van der Waals surface area contributed by atoms with E-state index in [1.807, 2.05) is 0 Å². The molecule has 4 nitrogen and oxygen atoms in total. The Bertz CT molecular complexity index is 600. The van der Waals surface area contributed by atoms with Crippen LogP contribution in [0.4, 0.5) is 0 Å². The molecule has 0 fully saturated rings. The SMILES string of the molecule is O=C1c2cc(Cl)ccc2OC(n2ccnc2)C1Br. The van der Waals surface area contributed by atoms with E-state index in [0.717, 1.165) is 0 Å². The number of hydrogen-bond donors (Lipinski definition) is 0. The first-order valence-corrected chi connectivity index (χ1v) is 6.58. The molecule has 1 aromatic carbocycles. The van der Waals surface area contributed by atoms with Crippen molar-refractivity contribution in [2.24, 2.45) is 0 Å². The second-order valence-electron chi connectivity index (χ2n) is 3.92. The van der Waals surface area contributed by atoms with Gasteiger partial charge in [0.25, 0.3) is 0 Å². The van der Waals surface area contributed by atoms with Crippen LogP contribution in [0.25, 0.3) is 0 Å². The fourth-order valence-corrected chi connectivity index (χ4v) is 2.70. The molecule has 0 amide bonds. The van der Waals surface area contributed by atoms with Crippen LogP contribution in [-0.2, 0) is 0 Å². The number of carbonyl (C=O) groups excluding carboxylic acids is 1. The molecule has 6 heteroatoms. The van der Waals surface area contributed by atoms with Gasteiger partial charge in [0.05, 0.1) is 11.9 Å². The Labute approximate surface area is 117 Å². The van der Waals surface area contributed by atoms with E-state index in [2.05, 4.69) is 20.9 Å². The first-order valence-electron chi connectivity index (χ1n) is 5.29. The molecule has 92 valence electrons. The Kier molecular flexibility index (Phi) is 2.87. The summed E-state index contributed by atoms with van der Waals surface area (Å²) in [5.74, 6) is 0.497. The summed E-state index contributed by atoms with van der Waals surface area (Å²) in [6.07, 6.45) is 4.58. The van der Waals surface area contributed by atoms with Crippen LogP contribution < -0.4 is 4.74 Å². The number of imidazole rings is 1. The topological polar surface area (TPSA) is 44.1 Å². The van der Waals surface area contributed by atoms with Crippen LogP contribution in [0, 0.1) is 0 Å². The summed E-state index contributed by atoms with van der Waals surface area (Å²) in [5.41, 5.74) is 0.501. The quantitative estimate of drug-likeness (QED) is 0.756. The monoisotopic (exact) mass is 326 g/mol. The number of alkyl halides is 1. The first-order chi connectivity index (χ1) is 8.66. The summed E-state index contributed by atoms with van der Waals surface area (Å²) in [4.78, 5) is 15.8. The van der Waals surface area contributed by atoms with Gasteiger partial charge < -0.3 is 4.74 Å². The van der Waals surface area contributed by atoms with Gasteiger partial charge in [-0.3, -0.25) is 9.36 Å². The molecule has 0 N–H and O–H groups in total. The molecule has 0 radical (unpaired) electrons. The first kappa shape index (κ1) is 11.7. The van der Waals surface area contributed by atoms with Gasteiger partial charge in [0, 0.05) is 17.4 Å². The van der Waals surface area contributed by atoms with Crippen molar-refractivity contribution >= 4 is 33.3 Å². The lowest BCUT2D eigenvalue weighted by Gasteiger charge is -2.29. The van der Waals surface area contributed by atoms with Crippen molar-refractivity contribution in [3.63, 3.8) is 0 Å². The smallest absolute Gasteiger partial charge is 0.196 e. The summed E-state index contributed by atoms with van der Waals surface area (Å²) >= 11 is 9.26.